The fourth-order valence-corrected chi connectivity index (χ4v) is 0.196. The number of aliphatic carboxylic acids is 1. The predicted molar refractivity (Wildman–Crippen MR) is 30.2 cm³/mol. The molecule has 0 atom stereocenters. The molecule has 0 aromatic heterocycles. The van der Waals surface area contributed by atoms with Crippen molar-refractivity contribution in [1.82, 2.24) is 0 Å². The van der Waals surface area contributed by atoms with E-state index in [1.54, 1.807) is 6.92 Å². The molecule has 0 fully saturated rings. The topological polar surface area (TPSA) is 37.3 Å². The summed E-state index contributed by atoms with van der Waals surface area (Å²) in [5.74, 6) is 4.03. The Labute approximate surface area is 47.8 Å². The van der Waals surface area contributed by atoms with Gasteiger partial charge in [-0.1, -0.05) is 5.92 Å². The van der Waals surface area contributed by atoms with Gasteiger partial charge in [-0.3, -0.25) is 0 Å². The number of allylic oxidation sites excluding steroid dienone is 1. The van der Waals surface area contributed by atoms with Crippen LogP contribution in [0.5, 0.6) is 0 Å². The SMILES string of the molecule is CC#CC=CC(=O)O. The van der Waals surface area contributed by atoms with Crippen LogP contribution in [0.25, 0.3) is 0 Å². The first-order valence-electron chi connectivity index (χ1n) is 2.09. The van der Waals surface area contributed by atoms with Crippen LogP contribution in [0.4, 0.5) is 0 Å². The van der Waals surface area contributed by atoms with Crippen molar-refractivity contribution in [1.29, 1.82) is 0 Å². The molecule has 0 aliphatic carbocycles. The molecule has 1 N–H and O–H groups in total. The normalized spacial score (nSPS) is 8.12. The van der Waals surface area contributed by atoms with Gasteiger partial charge in [0, 0.05) is 6.08 Å². The number of hydrogen-bond donors (Lipinski definition) is 1. The molecule has 0 aliphatic heterocycles. The highest BCUT2D eigenvalue weighted by Crippen LogP contribution is 1.67. The molecule has 0 aliphatic rings. The third-order valence-corrected chi connectivity index (χ3v) is 0.454. The maximum Gasteiger partial charge on any atom is 0.328 e. The monoisotopic (exact) mass is 110 g/mol. The van der Waals surface area contributed by atoms with Crippen LogP contribution in [-0.2, 0) is 4.79 Å². The van der Waals surface area contributed by atoms with Crippen molar-refractivity contribution in [2.24, 2.45) is 0 Å². The van der Waals surface area contributed by atoms with Crippen LogP contribution in [-0.4, -0.2) is 11.1 Å². The zero-order valence-corrected chi connectivity index (χ0v) is 4.51. The highest BCUT2D eigenvalue weighted by molar-refractivity contribution is 5.80. The van der Waals surface area contributed by atoms with Crippen LogP contribution >= 0.6 is 0 Å². The Hall–Kier alpha value is -1.23. The van der Waals surface area contributed by atoms with Gasteiger partial charge in [-0.25, -0.2) is 4.79 Å². The molecule has 0 saturated carbocycles. The second kappa shape index (κ2) is 3.94. The van der Waals surface area contributed by atoms with Crippen molar-refractivity contribution in [2.45, 2.75) is 6.92 Å². The van der Waals surface area contributed by atoms with E-state index in [-0.39, 0.29) is 0 Å². The number of rotatable bonds is 1. The number of carboxylic acid groups (broad SMARTS) is 1. The third kappa shape index (κ3) is 4.77. The summed E-state index contributed by atoms with van der Waals surface area (Å²) in [6, 6.07) is 0. The first kappa shape index (κ1) is 6.77. The smallest absolute Gasteiger partial charge is 0.328 e. The number of carboxylic acids is 1. The lowest BCUT2D eigenvalue weighted by Crippen LogP contribution is -1.84. The van der Waals surface area contributed by atoms with Crippen LogP contribution in [0.15, 0.2) is 12.2 Å². The first-order chi connectivity index (χ1) is 3.77. The fourth-order valence-electron chi connectivity index (χ4n) is 0.196. The van der Waals surface area contributed by atoms with Crippen LogP contribution in [0.3, 0.4) is 0 Å². The molecule has 0 aromatic carbocycles. The van der Waals surface area contributed by atoms with Crippen LogP contribution in [0.2, 0.25) is 0 Å². The van der Waals surface area contributed by atoms with Gasteiger partial charge in [-0.2, -0.15) is 0 Å². The minimum absolute atomic E-state index is 0.965. The summed E-state index contributed by atoms with van der Waals surface area (Å²) in [7, 11) is 0. The Bertz CT molecular complexity index is 157. The molecule has 0 rings (SSSR count). The summed E-state index contributed by atoms with van der Waals surface area (Å²) >= 11 is 0. The standard InChI is InChI=1S/C6H6O2/c1-2-3-4-5-6(7)8/h4-5H,1H3,(H,7,8). The van der Waals surface area contributed by atoms with Gasteiger partial charge in [-0.15, -0.1) is 5.92 Å². The van der Waals surface area contributed by atoms with Gasteiger partial charge in [0.05, 0.1) is 0 Å². The molecular formula is C6H6O2. The molecule has 0 amide bonds. The molecule has 0 unspecified atom stereocenters. The summed E-state index contributed by atoms with van der Waals surface area (Å²) in [5.41, 5.74) is 0. The fraction of sp³-hybridized carbons (Fsp3) is 0.167. The summed E-state index contributed by atoms with van der Waals surface area (Å²) in [5, 5.41) is 7.99. The Morgan fingerprint density at radius 3 is 2.75 bits per heavy atom. The highest BCUT2D eigenvalue weighted by Gasteiger charge is 1.78. The van der Waals surface area contributed by atoms with Crippen molar-refractivity contribution < 1.29 is 9.90 Å². The summed E-state index contributed by atoms with van der Waals surface area (Å²) in [6.07, 6.45) is 2.29. The van der Waals surface area contributed by atoms with E-state index in [1.165, 1.54) is 6.08 Å². The van der Waals surface area contributed by atoms with E-state index < -0.39 is 5.97 Å². The molecular weight excluding hydrogens is 104 g/mol. The zero-order valence-electron chi connectivity index (χ0n) is 4.51. The lowest BCUT2D eigenvalue weighted by atomic mass is 10.5. The lowest BCUT2D eigenvalue weighted by molar-refractivity contribution is -0.131. The van der Waals surface area contributed by atoms with Gasteiger partial charge in [0.2, 0.25) is 0 Å². The quantitative estimate of drug-likeness (QED) is 0.397. The summed E-state index contributed by atoms with van der Waals surface area (Å²) < 4.78 is 0. The molecule has 8 heavy (non-hydrogen) atoms. The lowest BCUT2D eigenvalue weighted by Gasteiger charge is -1.69. The predicted octanol–water partition coefficient (Wildman–Crippen LogP) is 0.650. The second-order valence-electron chi connectivity index (χ2n) is 1.07. The molecule has 0 bridgehead atoms. The van der Waals surface area contributed by atoms with E-state index in [0.29, 0.717) is 0 Å². The first-order valence-corrected chi connectivity index (χ1v) is 2.09. The van der Waals surface area contributed by atoms with Gasteiger partial charge >= 0.3 is 5.97 Å². The molecule has 2 nitrogen and oxygen atoms in total. The minimum atomic E-state index is -0.965. The van der Waals surface area contributed by atoms with Gasteiger partial charge in [0.15, 0.2) is 0 Å². The van der Waals surface area contributed by atoms with Gasteiger partial charge in [-0.05, 0) is 13.0 Å². The Morgan fingerprint density at radius 2 is 2.38 bits per heavy atom. The van der Waals surface area contributed by atoms with E-state index >= 15 is 0 Å². The van der Waals surface area contributed by atoms with Crippen LogP contribution in [0, 0.1) is 11.8 Å². The highest BCUT2D eigenvalue weighted by atomic mass is 16.4. The van der Waals surface area contributed by atoms with Crippen LogP contribution in [0.1, 0.15) is 6.92 Å². The molecule has 2 heteroatoms. The molecule has 0 saturated heterocycles. The van der Waals surface area contributed by atoms with Crippen molar-refractivity contribution >= 4 is 5.97 Å². The van der Waals surface area contributed by atoms with Crippen molar-refractivity contribution in [3.05, 3.63) is 12.2 Å². The molecule has 0 heterocycles. The van der Waals surface area contributed by atoms with Crippen molar-refractivity contribution in [2.75, 3.05) is 0 Å². The minimum Gasteiger partial charge on any atom is -0.478 e. The van der Waals surface area contributed by atoms with E-state index in [4.69, 9.17) is 5.11 Å². The molecule has 0 radical (unpaired) electrons. The van der Waals surface area contributed by atoms with Gasteiger partial charge in [0.25, 0.3) is 0 Å². The Balaban J connectivity index is 3.61. The molecule has 0 spiro atoms. The molecule has 42 valence electrons. The van der Waals surface area contributed by atoms with E-state index in [1.807, 2.05) is 0 Å². The molecule has 0 aromatic rings. The van der Waals surface area contributed by atoms with Crippen LogP contribution < -0.4 is 0 Å². The maximum absolute atomic E-state index is 9.72. The second-order valence-corrected chi connectivity index (χ2v) is 1.07. The largest absolute Gasteiger partial charge is 0.478 e. The average molecular weight is 110 g/mol. The summed E-state index contributed by atoms with van der Waals surface area (Å²) in [4.78, 5) is 9.72. The Kier molecular flexibility index (Phi) is 3.34. The van der Waals surface area contributed by atoms with E-state index in [2.05, 4.69) is 11.8 Å². The number of carbonyl (C=O) groups is 1. The van der Waals surface area contributed by atoms with Gasteiger partial charge < -0.3 is 5.11 Å². The maximum atomic E-state index is 9.72. The average Bonchev–Trinajstić information content (AvgIpc) is 1.66. The zero-order chi connectivity index (χ0) is 6.41. The van der Waals surface area contributed by atoms with Gasteiger partial charge in [0.1, 0.15) is 0 Å². The third-order valence-electron chi connectivity index (χ3n) is 0.454. The summed E-state index contributed by atoms with van der Waals surface area (Å²) in [6.45, 7) is 1.65. The Morgan fingerprint density at radius 1 is 1.75 bits per heavy atom. The number of hydrogen-bond acceptors (Lipinski definition) is 1. The van der Waals surface area contributed by atoms with Crippen molar-refractivity contribution in [3.8, 4) is 11.8 Å². The van der Waals surface area contributed by atoms with E-state index in [9.17, 15) is 4.79 Å². The van der Waals surface area contributed by atoms with Crippen molar-refractivity contribution in [3.63, 3.8) is 0 Å². The van der Waals surface area contributed by atoms with E-state index in [0.717, 1.165) is 6.08 Å².